The molecule has 0 saturated carbocycles. The number of aliphatic carboxylic acids is 1. The lowest BCUT2D eigenvalue weighted by Gasteiger charge is -2.36. The summed E-state index contributed by atoms with van der Waals surface area (Å²) in [6, 6.07) is 0. The van der Waals surface area contributed by atoms with Gasteiger partial charge in [0.2, 0.25) is 5.91 Å². The van der Waals surface area contributed by atoms with E-state index in [4.69, 9.17) is 9.84 Å². The summed E-state index contributed by atoms with van der Waals surface area (Å²) >= 11 is 0. The van der Waals surface area contributed by atoms with Crippen molar-refractivity contribution >= 4 is 11.9 Å². The van der Waals surface area contributed by atoms with E-state index in [0.29, 0.717) is 19.0 Å². The molecule has 0 spiro atoms. The van der Waals surface area contributed by atoms with E-state index in [0.717, 1.165) is 39.1 Å². The van der Waals surface area contributed by atoms with Crippen LogP contribution < -0.4 is 0 Å². The maximum absolute atomic E-state index is 11.8. The second kappa shape index (κ2) is 6.15. The SMILES string of the molecule is O=C(O)CN1CCN(C[C@H]2CCCOC2)CC1=O. The lowest BCUT2D eigenvalue weighted by Crippen LogP contribution is -2.53. The number of rotatable bonds is 4. The third-order valence-corrected chi connectivity index (χ3v) is 3.49. The van der Waals surface area contributed by atoms with Gasteiger partial charge in [0.05, 0.1) is 13.2 Å². The third-order valence-electron chi connectivity index (χ3n) is 3.49. The zero-order chi connectivity index (χ0) is 13.0. The van der Waals surface area contributed by atoms with E-state index < -0.39 is 5.97 Å². The fourth-order valence-corrected chi connectivity index (χ4v) is 2.56. The number of nitrogens with zero attached hydrogens (tertiary/aromatic N) is 2. The Hall–Kier alpha value is -1.14. The van der Waals surface area contributed by atoms with Crippen molar-refractivity contribution in [1.29, 1.82) is 0 Å². The van der Waals surface area contributed by atoms with Crippen LogP contribution in [0, 0.1) is 5.92 Å². The first-order chi connectivity index (χ1) is 8.65. The van der Waals surface area contributed by atoms with Gasteiger partial charge in [0.25, 0.3) is 0 Å². The predicted octanol–water partition coefficient (Wildman–Crippen LogP) is -0.358. The van der Waals surface area contributed by atoms with Crippen molar-refractivity contribution in [2.45, 2.75) is 12.8 Å². The standard InChI is InChI=1S/C12H20N2O4/c15-11-7-13(3-4-14(11)8-12(16)17)6-10-2-1-5-18-9-10/h10H,1-9H2,(H,16,17)/t10-/m1/s1. The van der Waals surface area contributed by atoms with Gasteiger partial charge < -0.3 is 14.7 Å². The first kappa shape index (κ1) is 13.3. The minimum atomic E-state index is -0.947. The van der Waals surface area contributed by atoms with Crippen molar-refractivity contribution in [3.05, 3.63) is 0 Å². The average molecular weight is 256 g/mol. The van der Waals surface area contributed by atoms with Crippen molar-refractivity contribution in [2.75, 3.05) is 45.9 Å². The van der Waals surface area contributed by atoms with Crippen molar-refractivity contribution in [2.24, 2.45) is 5.92 Å². The van der Waals surface area contributed by atoms with E-state index in [1.165, 1.54) is 4.90 Å². The molecule has 1 N–H and O–H groups in total. The van der Waals surface area contributed by atoms with Crippen molar-refractivity contribution in [3.8, 4) is 0 Å². The zero-order valence-corrected chi connectivity index (χ0v) is 10.5. The van der Waals surface area contributed by atoms with Crippen molar-refractivity contribution < 1.29 is 19.4 Å². The molecule has 0 aromatic rings. The van der Waals surface area contributed by atoms with Gasteiger partial charge in [-0.25, -0.2) is 0 Å². The van der Waals surface area contributed by atoms with E-state index in [2.05, 4.69) is 4.90 Å². The number of amides is 1. The Morgan fingerprint density at radius 3 is 2.89 bits per heavy atom. The summed E-state index contributed by atoms with van der Waals surface area (Å²) in [6.45, 7) is 3.94. The molecule has 1 amide bonds. The summed E-state index contributed by atoms with van der Waals surface area (Å²) in [4.78, 5) is 25.9. The predicted molar refractivity (Wildman–Crippen MR) is 64.2 cm³/mol. The Morgan fingerprint density at radius 1 is 1.44 bits per heavy atom. The van der Waals surface area contributed by atoms with Gasteiger partial charge in [-0.1, -0.05) is 0 Å². The summed E-state index contributed by atoms with van der Waals surface area (Å²) < 4.78 is 5.42. The molecule has 2 heterocycles. The molecule has 0 radical (unpaired) electrons. The lowest BCUT2D eigenvalue weighted by molar-refractivity contribution is -0.147. The van der Waals surface area contributed by atoms with Gasteiger partial charge in [0.15, 0.2) is 0 Å². The number of piperazine rings is 1. The molecule has 2 fully saturated rings. The first-order valence-electron chi connectivity index (χ1n) is 6.45. The van der Waals surface area contributed by atoms with Gasteiger partial charge in [0.1, 0.15) is 6.54 Å². The Bertz CT molecular complexity index is 315. The number of carbonyl (C=O) groups excluding carboxylic acids is 1. The Labute approximate surface area is 106 Å². The van der Waals surface area contributed by atoms with Gasteiger partial charge in [-0.05, 0) is 18.8 Å². The Balaban J connectivity index is 1.76. The van der Waals surface area contributed by atoms with Gasteiger partial charge in [-0.3, -0.25) is 14.5 Å². The lowest BCUT2D eigenvalue weighted by atomic mass is 10.0. The third kappa shape index (κ3) is 3.68. The van der Waals surface area contributed by atoms with E-state index in [-0.39, 0.29) is 12.5 Å². The molecule has 2 saturated heterocycles. The zero-order valence-electron chi connectivity index (χ0n) is 10.5. The summed E-state index contributed by atoms with van der Waals surface area (Å²) in [6.07, 6.45) is 2.25. The number of hydrogen-bond donors (Lipinski definition) is 1. The Morgan fingerprint density at radius 2 is 2.28 bits per heavy atom. The van der Waals surface area contributed by atoms with Crippen LogP contribution in [-0.2, 0) is 14.3 Å². The van der Waals surface area contributed by atoms with Crippen molar-refractivity contribution in [1.82, 2.24) is 9.80 Å². The molecule has 2 rings (SSSR count). The van der Waals surface area contributed by atoms with E-state index >= 15 is 0 Å². The maximum atomic E-state index is 11.8. The summed E-state index contributed by atoms with van der Waals surface area (Å²) in [5, 5.41) is 8.69. The van der Waals surface area contributed by atoms with Crippen LogP contribution in [0.25, 0.3) is 0 Å². The quantitative estimate of drug-likeness (QED) is 0.744. The van der Waals surface area contributed by atoms with E-state index in [9.17, 15) is 9.59 Å². The van der Waals surface area contributed by atoms with Gasteiger partial charge in [-0.2, -0.15) is 0 Å². The molecule has 0 bridgehead atoms. The van der Waals surface area contributed by atoms with E-state index in [1.54, 1.807) is 0 Å². The highest BCUT2D eigenvalue weighted by Gasteiger charge is 2.27. The highest BCUT2D eigenvalue weighted by molar-refractivity contribution is 5.83. The van der Waals surface area contributed by atoms with Crippen LogP contribution in [0.5, 0.6) is 0 Å². The van der Waals surface area contributed by atoms with Gasteiger partial charge in [0, 0.05) is 26.2 Å². The minimum absolute atomic E-state index is 0.0830. The van der Waals surface area contributed by atoms with Gasteiger partial charge >= 0.3 is 5.97 Å². The summed E-state index contributed by atoms with van der Waals surface area (Å²) in [5.74, 6) is -0.518. The smallest absolute Gasteiger partial charge is 0.323 e. The molecule has 0 aromatic carbocycles. The molecule has 0 unspecified atom stereocenters. The topological polar surface area (TPSA) is 70.1 Å². The molecule has 1 atom stereocenters. The number of carbonyl (C=O) groups is 2. The molecule has 0 aromatic heterocycles. The highest BCUT2D eigenvalue weighted by atomic mass is 16.5. The molecule has 2 aliphatic heterocycles. The molecule has 6 nitrogen and oxygen atoms in total. The first-order valence-corrected chi connectivity index (χ1v) is 6.45. The molecule has 18 heavy (non-hydrogen) atoms. The van der Waals surface area contributed by atoms with E-state index in [1.807, 2.05) is 0 Å². The largest absolute Gasteiger partial charge is 0.480 e. The molecular weight excluding hydrogens is 236 g/mol. The number of ether oxygens (including phenoxy) is 1. The fraction of sp³-hybridized carbons (Fsp3) is 0.833. The number of carboxylic acids is 1. The van der Waals surface area contributed by atoms with Crippen molar-refractivity contribution in [3.63, 3.8) is 0 Å². The van der Waals surface area contributed by atoms with Gasteiger partial charge in [-0.15, -0.1) is 0 Å². The fourth-order valence-electron chi connectivity index (χ4n) is 2.56. The second-order valence-electron chi connectivity index (χ2n) is 5.03. The summed E-state index contributed by atoms with van der Waals surface area (Å²) in [5.41, 5.74) is 0. The van der Waals surface area contributed by atoms with Crippen LogP contribution in [0.2, 0.25) is 0 Å². The Kier molecular flexibility index (Phi) is 4.54. The summed E-state index contributed by atoms with van der Waals surface area (Å²) in [7, 11) is 0. The molecule has 102 valence electrons. The van der Waals surface area contributed by atoms with Crippen LogP contribution >= 0.6 is 0 Å². The normalized spacial score (nSPS) is 26.3. The van der Waals surface area contributed by atoms with Crippen LogP contribution in [-0.4, -0.2) is 72.7 Å². The second-order valence-corrected chi connectivity index (χ2v) is 5.03. The molecule has 0 aliphatic carbocycles. The molecule has 6 heteroatoms. The molecular formula is C12H20N2O4. The minimum Gasteiger partial charge on any atom is -0.480 e. The van der Waals surface area contributed by atoms with Crippen LogP contribution in [0.4, 0.5) is 0 Å². The highest BCUT2D eigenvalue weighted by Crippen LogP contribution is 2.16. The average Bonchev–Trinajstić information content (AvgIpc) is 2.33. The monoisotopic (exact) mass is 256 g/mol. The van der Waals surface area contributed by atoms with Crippen LogP contribution in [0.3, 0.4) is 0 Å². The maximum Gasteiger partial charge on any atom is 0.323 e. The molecule has 2 aliphatic rings. The number of carboxylic acid groups (broad SMARTS) is 1. The van der Waals surface area contributed by atoms with Crippen LogP contribution in [0.15, 0.2) is 0 Å². The van der Waals surface area contributed by atoms with Crippen LogP contribution in [0.1, 0.15) is 12.8 Å². The number of hydrogen-bond acceptors (Lipinski definition) is 4.